The number of carbonyl (C=O) groups is 1. The normalized spacial score (nSPS) is 9.93. The Balaban J connectivity index is 3.09. The van der Waals surface area contributed by atoms with Gasteiger partial charge in [-0.2, -0.15) is 0 Å². The zero-order chi connectivity index (χ0) is 10.6. The highest BCUT2D eigenvalue weighted by Crippen LogP contribution is 2.22. The Morgan fingerprint density at radius 1 is 1.36 bits per heavy atom. The maximum absolute atomic E-state index is 12.8. The molecule has 0 radical (unpaired) electrons. The van der Waals surface area contributed by atoms with Crippen molar-refractivity contribution in [2.24, 2.45) is 0 Å². The van der Waals surface area contributed by atoms with E-state index in [9.17, 15) is 13.6 Å². The summed E-state index contributed by atoms with van der Waals surface area (Å²) in [6, 6.07) is 1.94. The van der Waals surface area contributed by atoms with Gasteiger partial charge in [0, 0.05) is 18.1 Å². The van der Waals surface area contributed by atoms with Crippen molar-refractivity contribution in [1.82, 2.24) is 0 Å². The van der Waals surface area contributed by atoms with Crippen molar-refractivity contribution in [1.29, 1.82) is 0 Å². The van der Waals surface area contributed by atoms with Crippen LogP contribution >= 0.6 is 0 Å². The van der Waals surface area contributed by atoms with Gasteiger partial charge in [0.05, 0.1) is 6.61 Å². The quantitative estimate of drug-likeness (QED) is 0.696. The molecule has 0 aliphatic carbocycles. The third-order valence-electron chi connectivity index (χ3n) is 1.71. The number of halogens is 2. The molecule has 0 saturated heterocycles. The standard InChI is InChI=1S/C10H10F2O2/c1-2-14-10-6-9(12)8(11)5-7(10)3-4-13/h4-6H,2-3H2,1H3. The number of ether oxygens (including phenoxy) is 1. The molecule has 1 aromatic carbocycles. The van der Waals surface area contributed by atoms with Crippen molar-refractivity contribution in [3.8, 4) is 5.75 Å². The van der Waals surface area contributed by atoms with E-state index in [1.807, 2.05) is 0 Å². The summed E-state index contributed by atoms with van der Waals surface area (Å²) in [7, 11) is 0. The Hall–Kier alpha value is -1.45. The van der Waals surface area contributed by atoms with Gasteiger partial charge >= 0.3 is 0 Å². The minimum absolute atomic E-state index is 0.0204. The third kappa shape index (κ3) is 2.28. The Bertz CT molecular complexity index is 337. The molecular formula is C10H10F2O2. The van der Waals surface area contributed by atoms with Gasteiger partial charge in [-0.15, -0.1) is 0 Å². The van der Waals surface area contributed by atoms with Crippen LogP contribution in [0.3, 0.4) is 0 Å². The molecule has 0 atom stereocenters. The molecule has 0 aliphatic heterocycles. The molecule has 0 bridgehead atoms. The number of aldehydes is 1. The third-order valence-corrected chi connectivity index (χ3v) is 1.71. The van der Waals surface area contributed by atoms with Crippen LogP contribution < -0.4 is 4.74 Å². The van der Waals surface area contributed by atoms with Crippen molar-refractivity contribution < 1.29 is 18.3 Å². The van der Waals surface area contributed by atoms with Crippen molar-refractivity contribution in [2.75, 3.05) is 6.61 Å². The van der Waals surface area contributed by atoms with Crippen LogP contribution in [0.2, 0.25) is 0 Å². The van der Waals surface area contributed by atoms with Gasteiger partial charge in [0.25, 0.3) is 0 Å². The van der Waals surface area contributed by atoms with Gasteiger partial charge in [0.2, 0.25) is 0 Å². The molecule has 0 amide bonds. The Morgan fingerprint density at radius 3 is 2.57 bits per heavy atom. The zero-order valence-electron chi connectivity index (χ0n) is 7.72. The summed E-state index contributed by atoms with van der Waals surface area (Å²) in [5.74, 6) is -1.72. The summed E-state index contributed by atoms with van der Waals surface area (Å²) in [6.07, 6.45) is 0.641. The van der Waals surface area contributed by atoms with E-state index in [4.69, 9.17) is 4.74 Å². The first-order valence-corrected chi connectivity index (χ1v) is 4.23. The SMILES string of the molecule is CCOc1cc(F)c(F)cc1CC=O. The average Bonchev–Trinajstić information content (AvgIpc) is 2.14. The molecule has 4 heteroatoms. The van der Waals surface area contributed by atoms with Crippen molar-refractivity contribution in [3.63, 3.8) is 0 Å². The van der Waals surface area contributed by atoms with Crippen LogP contribution in [0, 0.1) is 11.6 Å². The van der Waals surface area contributed by atoms with Gasteiger partial charge in [-0.05, 0) is 13.0 Å². The molecule has 0 heterocycles. The predicted octanol–water partition coefficient (Wildman–Crippen LogP) is 2.10. The van der Waals surface area contributed by atoms with Crippen LogP contribution in [0.1, 0.15) is 12.5 Å². The van der Waals surface area contributed by atoms with Gasteiger partial charge in [-0.1, -0.05) is 0 Å². The predicted molar refractivity (Wildman–Crippen MR) is 47.3 cm³/mol. The van der Waals surface area contributed by atoms with Crippen molar-refractivity contribution in [3.05, 3.63) is 29.3 Å². The van der Waals surface area contributed by atoms with E-state index >= 15 is 0 Å². The molecule has 1 rings (SSSR count). The maximum Gasteiger partial charge on any atom is 0.162 e. The highest BCUT2D eigenvalue weighted by molar-refractivity contribution is 5.57. The van der Waals surface area contributed by atoms with Crippen LogP contribution in [0.5, 0.6) is 5.75 Å². The second-order valence-corrected chi connectivity index (χ2v) is 2.68. The van der Waals surface area contributed by atoms with Crippen molar-refractivity contribution in [2.45, 2.75) is 13.3 Å². The minimum Gasteiger partial charge on any atom is -0.493 e. The Labute approximate surface area is 80.5 Å². The summed E-state index contributed by atoms with van der Waals surface area (Å²) in [4.78, 5) is 10.3. The summed E-state index contributed by atoms with van der Waals surface area (Å²) in [5, 5.41) is 0. The zero-order valence-corrected chi connectivity index (χ0v) is 7.72. The van der Waals surface area contributed by atoms with Crippen LogP contribution in [-0.4, -0.2) is 12.9 Å². The van der Waals surface area contributed by atoms with Gasteiger partial charge in [0.1, 0.15) is 12.0 Å². The Kier molecular flexibility index (Phi) is 3.56. The first kappa shape index (κ1) is 10.6. The molecule has 0 fully saturated rings. The second kappa shape index (κ2) is 4.69. The first-order chi connectivity index (χ1) is 6.69. The van der Waals surface area contributed by atoms with E-state index in [0.29, 0.717) is 18.5 Å². The first-order valence-electron chi connectivity index (χ1n) is 4.23. The van der Waals surface area contributed by atoms with E-state index in [-0.39, 0.29) is 12.2 Å². The Morgan fingerprint density at radius 2 is 2.00 bits per heavy atom. The van der Waals surface area contributed by atoms with Crippen LogP contribution in [-0.2, 0) is 11.2 Å². The molecule has 0 aromatic heterocycles. The maximum atomic E-state index is 12.8. The fraction of sp³-hybridized carbons (Fsp3) is 0.300. The van der Waals surface area contributed by atoms with Gasteiger partial charge in [0.15, 0.2) is 11.6 Å². The van der Waals surface area contributed by atoms with E-state index in [1.165, 1.54) is 0 Å². The molecule has 76 valence electrons. The summed E-state index contributed by atoms with van der Waals surface area (Å²) < 4.78 is 30.6. The van der Waals surface area contributed by atoms with E-state index in [1.54, 1.807) is 6.92 Å². The summed E-state index contributed by atoms with van der Waals surface area (Å²) >= 11 is 0. The average molecular weight is 200 g/mol. The molecule has 0 spiro atoms. The lowest BCUT2D eigenvalue weighted by atomic mass is 10.1. The van der Waals surface area contributed by atoms with E-state index < -0.39 is 11.6 Å². The van der Waals surface area contributed by atoms with Crippen LogP contribution in [0.25, 0.3) is 0 Å². The van der Waals surface area contributed by atoms with Gasteiger partial charge < -0.3 is 9.53 Å². The molecular weight excluding hydrogens is 190 g/mol. The molecule has 0 unspecified atom stereocenters. The highest BCUT2D eigenvalue weighted by Gasteiger charge is 2.09. The molecule has 2 nitrogen and oxygen atoms in total. The van der Waals surface area contributed by atoms with Crippen LogP contribution in [0.4, 0.5) is 8.78 Å². The van der Waals surface area contributed by atoms with E-state index in [2.05, 4.69) is 0 Å². The summed E-state index contributed by atoms with van der Waals surface area (Å²) in [6.45, 7) is 2.07. The number of rotatable bonds is 4. The fourth-order valence-electron chi connectivity index (χ4n) is 1.11. The number of hydrogen-bond donors (Lipinski definition) is 0. The molecule has 0 aliphatic rings. The van der Waals surface area contributed by atoms with Gasteiger partial charge in [-0.3, -0.25) is 0 Å². The monoisotopic (exact) mass is 200 g/mol. The lowest BCUT2D eigenvalue weighted by Gasteiger charge is -2.08. The lowest BCUT2D eigenvalue weighted by molar-refractivity contribution is -0.107. The number of benzene rings is 1. The summed E-state index contributed by atoms with van der Waals surface area (Å²) in [5.41, 5.74) is 0.362. The topological polar surface area (TPSA) is 26.3 Å². The minimum atomic E-state index is -0.969. The molecule has 14 heavy (non-hydrogen) atoms. The second-order valence-electron chi connectivity index (χ2n) is 2.68. The largest absolute Gasteiger partial charge is 0.493 e. The molecule has 0 saturated carbocycles. The van der Waals surface area contributed by atoms with Gasteiger partial charge in [-0.25, -0.2) is 8.78 Å². The number of hydrogen-bond acceptors (Lipinski definition) is 2. The van der Waals surface area contributed by atoms with Crippen LogP contribution in [0.15, 0.2) is 12.1 Å². The molecule has 1 aromatic rings. The van der Waals surface area contributed by atoms with Crippen molar-refractivity contribution >= 4 is 6.29 Å². The smallest absolute Gasteiger partial charge is 0.162 e. The molecule has 0 N–H and O–H groups in total. The number of carbonyl (C=O) groups excluding carboxylic acids is 1. The van der Waals surface area contributed by atoms with E-state index in [0.717, 1.165) is 12.1 Å². The highest BCUT2D eigenvalue weighted by atomic mass is 19.2. The fourth-order valence-corrected chi connectivity index (χ4v) is 1.11. The lowest BCUT2D eigenvalue weighted by Crippen LogP contribution is -2.00.